The molecule has 158 valence electrons. The number of halogens is 2. The molecule has 0 spiro atoms. The third-order valence-corrected chi connectivity index (χ3v) is 5.40. The van der Waals surface area contributed by atoms with Crippen molar-refractivity contribution in [2.75, 3.05) is 6.61 Å². The van der Waals surface area contributed by atoms with Gasteiger partial charge in [-0.2, -0.15) is 0 Å². The van der Waals surface area contributed by atoms with E-state index in [2.05, 4.69) is 0 Å². The Kier molecular flexibility index (Phi) is 6.46. The van der Waals surface area contributed by atoms with Crippen molar-refractivity contribution in [3.8, 4) is 5.75 Å². The van der Waals surface area contributed by atoms with Crippen LogP contribution in [0, 0.1) is 12.7 Å². The summed E-state index contributed by atoms with van der Waals surface area (Å²) in [5.74, 6) is -2.93. The largest absolute Gasteiger partial charge is 0.505 e. The number of aromatic hydroxyl groups is 1. The van der Waals surface area contributed by atoms with Gasteiger partial charge in [0.2, 0.25) is 0 Å². The number of carbonyl (C=O) groups excluding carboxylic acids is 2. The highest BCUT2D eigenvalue weighted by molar-refractivity contribution is 6.30. The quantitative estimate of drug-likeness (QED) is 0.408. The number of benzene rings is 2. The molecule has 7 heteroatoms. The molecule has 0 aliphatic rings. The van der Waals surface area contributed by atoms with Gasteiger partial charge in [0.05, 0.1) is 18.0 Å². The van der Waals surface area contributed by atoms with Gasteiger partial charge < -0.3 is 9.84 Å². The molecule has 1 atom stereocenters. The Hall–Kier alpha value is -2.86. The van der Waals surface area contributed by atoms with Crippen LogP contribution in [0.2, 0.25) is 5.02 Å². The number of ether oxygens (including phenoxy) is 1. The molecule has 0 aliphatic heterocycles. The Morgan fingerprint density at radius 2 is 1.90 bits per heavy atom. The van der Waals surface area contributed by atoms with Crippen molar-refractivity contribution < 1.29 is 23.8 Å². The topological polar surface area (TPSA) is 68.5 Å². The second-order valence-corrected chi connectivity index (χ2v) is 7.65. The summed E-state index contributed by atoms with van der Waals surface area (Å²) < 4.78 is 20.9. The second kappa shape index (κ2) is 8.88. The Morgan fingerprint density at radius 1 is 1.23 bits per heavy atom. The SMILES string of the molecule is CCCCOC(=O)C(C)c1c(C)n(C(=O)c2ccc(Cl)cc2)c2cc(F)c(O)cc12. The fraction of sp³-hybridized carbons (Fsp3) is 0.304. The molecule has 1 unspecified atom stereocenters. The third-order valence-electron chi connectivity index (χ3n) is 5.14. The molecule has 1 heterocycles. The highest BCUT2D eigenvalue weighted by Crippen LogP contribution is 2.36. The molecule has 0 aliphatic carbocycles. The summed E-state index contributed by atoms with van der Waals surface area (Å²) in [7, 11) is 0. The number of esters is 1. The van der Waals surface area contributed by atoms with Crippen molar-refractivity contribution in [1.82, 2.24) is 4.57 Å². The number of carbonyl (C=O) groups is 2. The fourth-order valence-electron chi connectivity index (χ4n) is 3.54. The molecule has 0 amide bonds. The summed E-state index contributed by atoms with van der Waals surface area (Å²) >= 11 is 5.91. The van der Waals surface area contributed by atoms with Crippen LogP contribution in [0.25, 0.3) is 10.9 Å². The fourth-order valence-corrected chi connectivity index (χ4v) is 3.66. The minimum Gasteiger partial charge on any atom is -0.505 e. The molecule has 1 aromatic heterocycles. The first-order valence-electron chi connectivity index (χ1n) is 9.76. The highest BCUT2D eigenvalue weighted by atomic mass is 35.5. The van der Waals surface area contributed by atoms with E-state index in [0.29, 0.717) is 33.8 Å². The average molecular weight is 432 g/mol. The standard InChI is InChI=1S/C23H23ClFNO4/c1-4-5-10-30-23(29)13(2)21-14(3)26(19-12-18(25)20(27)11-17(19)21)22(28)15-6-8-16(24)9-7-15/h6-9,11-13,27H,4-5,10H2,1-3H3. The summed E-state index contributed by atoms with van der Waals surface area (Å²) in [4.78, 5) is 25.8. The van der Waals surface area contributed by atoms with E-state index < -0.39 is 29.4 Å². The smallest absolute Gasteiger partial charge is 0.313 e. The van der Waals surface area contributed by atoms with Crippen LogP contribution in [0.5, 0.6) is 5.75 Å². The summed E-state index contributed by atoms with van der Waals surface area (Å²) in [6.45, 7) is 5.66. The molecule has 1 N–H and O–H groups in total. The van der Waals surface area contributed by atoms with E-state index in [9.17, 15) is 19.1 Å². The van der Waals surface area contributed by atoms with Gasteiger partial charge in [-0.3, -0.25) is 14.2 Å². The Morgan fingerprint density at radius 3 is 2.53 bits per heavy atom. The van der Waals surface area contributed by atoms with Gasteiger partial charge in [0.1, 0.15) is 0 Å². The van der Waals surface area contributed by atoms with Gasteiger partial charge in [-0.25, -0.2) is 4.39 Å². The van der Waals surface area contributed by atoms with Gasteiger partial charge in [0.25, 0.3) is 5.91 Å². The molecule has 30 heavy (non-hydrogen) atoms. The molecule has 2 aromatic carbocycles. The van der Waals surface area contributed by atoms with Crippen molar-refractivity contribution in [3.05, 3.63) is 64.1 Å². The van der Waals surface area contributed by atoms with Gasteiger partial charge in [-0.05, 0) is 56.2 Å². The van der Waals surface area contributed by atoms with Crippen LogP contribution in [-0.2, 0) is 9.53 Å². The van der Waals surface area contributed by atoms with Crippen LogP contribution < -0.4 is 0 Å². The predicted octanol–water partition coefficient (Wildman–Crippen LogP) is 5.58. The Bertz CT molecular complexity index is 1100. The monoisotopic (exact) mass is 431 g/mol. The number of aromatic nitrogens is 1. The van der Waals surface area contributed by atoms with Crippen LogP contribution >= 0.6 is 11.6 Å². The first-order chi connectivity index (χ1) is 14.3. The number of nitrogens with zero attached hydrogens (tertiary/aromatic N) is 1. The Balaban J connectivity index is 2.15. The van der Waals surface area contributed by atoms with Crippen LogP contribution in [0.4, 0.5) is 4.39 Å². The molecule has 0 saturated heterocycles. The number of phenolic OH excluding ortho intramolecular Hbond substituents is 1. The number of fused-ring (bicyclic) bond motifs is 1. The van der Waals surface area contributed by atoms with E-state index in [1.165, 1.54) is 10.6 Å². The van der Waals surface area contributed by atoms with E-state index in [1.807, 2.05) is 6.92 Å². The van der Waals surface area contributed by atoms with E-state index in [1.54, 1.807) is 38.1 Å². The van der Waals surface area contributed by atoms with Crippen LogP contribution in [-0.4, -0.2) is 28.2 Å². The average Bonchev–Trinajstić information content (AvgIpc) is 2.98. The maximum absolute atomic E-state index is 14.2. The van der Waals surface area contributed by atoms with Gasteiger partial charge in [0, 0.05) is 27.7 Å². The molecular weight excluding hydrogens is 409 g/mol. The van der Waals surface area contributed by atoms with Crippen molar-refractivity contribution in [2.24, 2.45) is 0 Å². The van der Waals surface area contributed by atoms with Crippen molar-refractivity contribution in [2.45, 2.75) is 39.5 Å². The maximum Gasteiger partial charge on any atom is 0.313 e. The summed E-state index contributed by atoms with van der Waals surface area (Å²) in [6.07, 6.45) is 1.64. The zero-order chi connectivity index (χ0) is 22.0. The van der Waals surface area contributed by atoms with Crippen LogP contribution in [0.15, 0.2) is 36.4 Å². The molecule has 5 nitrogen and oxygen atoms in total. The lowest BCUT2D eigenvalue weighted by atomic mass is 9.98. The first-order valence-corrected chi connectivity index (χ1v) is 10.1. The molecule has 0 fully saturated rings. The summed E-state index contributed by atoms with van der Waals surface area (Å²) in [5, 5.41) is 10.8. The van der Waals surface area contributed by atoms with Crippen molar-refractivity contribution in [1.29, 1.82) is 0 Å². The summed E-state index contributed by atoms with van der Waals surface area (Å²) in [5.41, 5.74) is 1.63. The molecule has 0 radical (unpaired) electrons. The van der Waals surface area contributed by atoms with E-state index in [4.69, 9.17) is 16.3 Å². The normalized spacial score (nSPS) is 12.2. The van der Waals surface area contributed by atoms with Gasteiger partial charge in [-0.1, -0.05) is 24.9 Å². The third kappa shape index (κ3) is 4.05. The highest BCUT2D eigenvalue weighted by Gasteiger charge is 2.28. The lowest BCUT2D eigenvalue weighted by Crippen LogP contribution is -2.17. The molecule has 0 saturated carbocycles. The van der Waals surface area contributed by atoms with Gasteiger partial charge >= 0.3 is 5.97 Å². The minimum atomic E-state index is -0.852. The van der Waals surface area contributed by atoms with Gasteiger partial charge in [-0.15, -0.1) is 0 Å². The van der Waals surface area contributed by atoms with E-state index >= 15 is 0 Å². The summed E-state index contributed by atoms with van der Waals surface area (Å²) in [6, 6.07) is 8.69. The van der Waals surface area contributed by atoms with E-state index in [-0.39, 0.29) is 5.52 Å². The molecule has 3 rings (SSSR count). The Labute approximate surface area is 179 Å². The number of unbranched alkanes of at least 4 members (excludes halogenated alkanes) is 1. The zero-order valence-electron chi connectivity index (χ0n) is 17.0. The lowest BCUT2D eigenvalue weighted by Gasteiger charge is -2.13. The van der Waals surface area contributed by atoms with Crippen LogP contribution in [0.1, 0.15) is 54.2 Å². The number of rotatable bonds is 6. The number of hydrogen-bond acceptors (Lipinski definition) is 4. The first kappa shape index (κ1) is 21.8. The number of hydrogen-bond donors (Lipinski definition) is 1. The minimum absolute atomic E-state index is 0.269. The molecular formula is C23H23ClFNO4. The van der Waals surface area contributed by atoms with Crippen molar-refractivity contribution >= 4 is 34.4 Å². The van der Waals surface area contributed by atoms with Gasteiger partial charge in [0.15, 0.2) is 11.6 Å². The lowest BCUT2D eigenvalue weighted by molar-refractivity contribution is -0.145. The predicted molar refractivity (Wildman–Crippen MR) is 114 cm³/mol. The van der Waals surface area contributed by atoms with E-state index in [0.717, 1.165) is 18.9 Å². The zero-order valence-corrected chi connectivity index (χ0v) is 17.8. The van der Waals surface area contributed by atoms with Crippen molar-refractivity contribution in [3.63, 3.8) is 0 Å². The number of phenols is 1. The molecule has 0 bridgehead atoms. The maximum atomic E-state index is 14.2. The second-order valence-electron chi connectivity index (χ2n) is 7.21. The molecule has 3 aromatic rings. The van der Waals surface area contributed by atoms with Crippen LogP contribution in [0.3, 0.4) is 0 Å².